The summed E-state index contributed by atoms with van der Waals surface area (Å²) in [6, 6.07) is 11.3. The number of ether oxygens (including phenoxy) is 1. The third kappa shape index (κ3) is 5.66. The molecule has 0 aliphatic heterocycles. The van der Waals surface area contributed by atoms with Gasteiger partial charge in [-0.25, -0.2) is 22.2 Å². The number of aromatic nitrogens is 2. The van der Waals surface area contributed by atoms with E-state index >= 15 is 0 Å². The number of nitrogens with zero attached hydrogens (tertiary/aromatic N) is 2. The van der Waals surface area contributed by atoms with Gasteiger partial charge in [0.1, 0.15) is 17.0 Å². The number of halogens is 2. The van der Waals surface area contributed by atoms with Gasteiger partial charge in [-0.1, -0.05) is 30.3 Å². The summed E-state index contributed by atoms with van der Waals surface area (Å²) in [7, 11) is -4.38. The van der Waals surface area contributed by atoms with Crippen molar-refractivity contribution in [1.82, 2.24) is 9.36 Å². The lowest BCUT2D eigenvalue weighted by Crippen LogP contribution is -2.28. The number of benzene rings is 2. The largest absolute Gasteiger partial charge is 0.490 e. The summed E-state index contributed by atoms with van der Waals surface area (Å²) in [5.41, 5.74) is 1.18. The first-order chi connectivity index (χ1) is 15.8. The van der Waals surface area contributed by atoms with Gasteiger partial charge >= 0.3 is 0 Å². The summed E-state index contributed by atoms with van der Waals surface area (Å²) < 4.78 is 65.0. The highest BCUT2D eigenvalue weighted by molar-refractivity contribution is 7.93. The minimum atomic E-state index is -4.38. The third-order valence-electron chi connectivity index (χ3n) is 5.79. The number of hydrogen-bond donors (Lipinski definition) is 2. The summed E-state index contributed by atoms with van der Waals surface area (Å²) >= 11 is 0.771. The molecule has 176 valence electrons. The zero-order chi connectivity index (χ0) is 23.4. The zero-order valence-electron chi connectivity index (χ0n) is 17.5. The van der Waals surface area contributed by atoms with Gasteiger partial charge in [-0.05, 0) is 43.1 Å². The Hall–Kier alpha value is -2.63. The normalized spacial score (nSPS) is 21.0. The minimum absolute atomic E-state index is 0.0576. The van der Waals surface area contributed by atoms with Crippen LogP contribution in [-0.4, -0.2) is 35.6 Å². The van der Waals surface area contributed by atoms with Gasteiger partial charge in [0.2, 0.25) is 5.13 Å². The van der Waals surface area contributed by atoms with Crippen LogP contribution >= 0.6 is 11.5 Å². The maximum atomic E-state index is 14.6. The van der Waals surface area contributed by atoms with E-state index in [4.69, 9.17) is 4.74 Å². The first-order valence-electron chi connectivity index (χ1n) is 10.5. The first-order valence-corrected chi connectivity index (χ1v) is 12.7. The highest BCUT2D eigenvalue weighted by atomic mass is 32.2. The van der Waals surface area contributed by atoms with Gasteiger partial charge in [-0.2, -0.15) is 4.37 Å². The van der Waals surface area contributed by atoms with E-state index in [1.807, 2.05) is 18.2 Å². The van der Waals surface area contributed by atoms with E-state index in [-0.39, 0.29) is 29.3 Å². The number of anilines is 1. The average Bonchev–Trinajstić information content (AvgIpc) is 3.29. The van der Waals surface area contributed by atoms with Crippen molar-refractivity contribution in [1.29, 1.82) is 0 Å². The summed E-state index contributed by atoms with van der Waals surface area (Å²) in [6.07, 6.45) is 3.45. The van der Waals surface area contributed by atoms with Crippen molar-refractivity contribution in [3.63, 3.8) is 0 Å². The lowest BCUT2D eigenvalue weighted by molar-refractivity contribution is 0.0797. The number of hydrogen-bond acceptors (Lipinski definition) is 7. The van der Waals surface area contributed by atoms with Crippen LogP contribution in [0.3, 0.4) is 0 Å². The molecule has 0 spiro atoms. The molecular formula is C22H23F2N3O4S2. The Labute approximate surface area is 194 Å². The van der Waals surface area contributed by atoms with Crippen LogP contribution in [0.2, 0.25) is 0 Å². The fourth-order valence-corrected chi connectivity index (χ4v) is 5.97. The van der Waals surface area contributed by atoms with Gasteiger partial charge < -0.3 is 9.84 Å². The lowest BCUT2D eigenvalue weighted by Gasteiger charge is -2.34. The zero-order valence-corrected chi connectivity index (χ0v) is 19.2. The maximum Gasteiger partial charge on any atom is 0.266 e. The second kappa shape index (κ2) is 10.1. The SMILES string of the molecule is O=S(=O)(Nc1ncns1)c1cc(F)c(OCCC2CC(O)CCC2c2ccccc2)cc1F. The van der Waals surface area contributed by atoms with Crippen molar-refractivity contribution in [2.45, 2.75) is 42.6 Å². The second-order valence-corrected chi connectivity index (χ2v) is 10.4. The Morgan fingerprint density at radius 1 is 1.15 bits per heavy atom. The highest BCUT2D eigenvalue weighted by Crippen LogP contribution is 2.40. The predicted molar refractivity (Wildman–Crippen MR) is 120 cm³/mol. The van der Waals surface area contributed by atoms with E-state index < -0.39 is 32.7 Å². The van der Waals surface area contributed by atoms with Crippen LogP contribution in [0.15, 0.2) is 53.7 Å². The van der Waals surface area contributed by atoms with Gasteiger partial charge in [0, 0.05) is 23.7 Å². The molecular weight excluding hydrogens is 472 g/mol. The van der Waals surface area contributed by atoms with Crippen LogP contribution in [0.1, 0.15) is 37.2 Å². The molecule has 3 unspecified atom stereocenters. The van der Waals surface area contributed by atoms with Crippen LogP contribution < -0.4 is 9.46 Å². The fraction of sp³-hybridized carbons (Fsp3) is 0.364. The fourth-order valence-electron chi connectivity index (χ4n) is 4.23. The second-order valence-electron chi connectivity index (χ2n) is 7.95. The van der Waals surface area contributed by atoms with E-state index in [1.165, 1.54) is 5.56 Å². The van der Waals surface area contributed by atoms with Crippen molar-refractivity contribution in [3.05, 3.63) is 66.0 Å². The van der Waals surface area contributed by atoms with Crippen molar-refractivity contribution in [2.75, 3.05) is 11.3 Å². The standard InChI is InChI=1S/C22H23F2N3O4S2/c23-18-12-21(33(29,30)27-22-25-13-26-32-22)19(24)11-20(18)31-9-8-15-10-16(28)6-7-17(15)14-4-2-1-3-5-14/h1-5,11-13,15-17,28H,6-10H2,(H,25,26,27). The average molecular weight is 496 g/mol. The first kappa shape index (κ1) is 23.5. The van der Waals surface area contributed by atoms with Crippen molar-refractivity contribution < 1.29 is 27.0 Å². The molecule has 0 bridgehead atoms. The molecule has 7 nitrogen and oxygen atoms in total. The molecule has 11 heteroatoms. The topological polar surface area (TPSA) is 101 Å². The number of sulfonamides is 1. The number of aliphatic hydroxyl groups is 1. The molecule has 1 aromatic heterocycles. The van der Waals surface area contributed by atoms with Crippen LogP contribution in [0.5, 0.6) is 5.75 Å². The van der Waals surface area contributed by atoms with E-state index in [2.05, 4.69) is 26.2 Å². The van der Waals surface area contributed by atoms with Crippen LogP contribution in [0.4, 0.5) is 13.9 Å². The van der Waals surface area contributed by atoms with Gasteiger partial charge in [0.25, 0.3) is 10.0 Å². The van der Waals surface area contributed by atoms with Crippen molar-refractivity contribution in [3.8, 4) is 5.75 Å². The molecule has 0 amide bonds. The van der Waals surface area contributed by atoms with Crippen LogP contribution in [-0.2, 0) is 10.0 Å². The third-order valence-corrected chi connectivity index (χ3v) is 7.85. The lowest BCUT2D eigenvalue weighted by atomic mass is 9.73. The molecule has 1 fully saturated rings. The number of aliphatic hydroxyl groups excluding tert-OH is 1. The van der Waals surface area contributed by atoms with Gasteiger partial charge in [-0.3, -0.25) is 4.72 Å². The molecule has 2 N–H and O–H groups in total. The van der Waals surface area contributed by atoms with Crippen molar-refractivity contribution in [2.24, 2.45) is 5.92 Å². The van der Waals surface area contributed by atoms with Crippen LogP contribution in [0, 0.1) is 17.6 Å². The molecule has 33 heavy (non-hydrogen) atoms. The quantitative estimate of drug-likeness (QED) is 0.482. The van der Waals surface area contributed by atoms with Gasteiger partial charge in [0.05, 0.1) is 12.7 Å². The molecule has 3 atom stereocenters. The Balaban J connectivity index is 1.43. The Bertz CT molecular complexity index is 1180. The number of nitrogens with one attached hydrogen (secondary N) is 1. The molecule has 0 radical (unpaired) electrons. The van der Waals surface area contributed by atoms with E-state index in [9.17, 15) is 22.3 Å². The molecule has 1 aliphatic rings. The predicted octanol–water partition coefficient (Wildman–Crippen LogP) is 4.33. The Kier molecular flexibility index (Phi) is 7.20. The van der Waals surface area contributed by atoms with E-state index in [0.717, 1.165) is 36.8 Å². The van der Waals surface area contributed by atoms with Crippen molar-refractivity contribution >= 4 is 26.7 Å². The summed E-state index contributed by atoms with van der Waals surface area (Å²) in [5, 5.41) is 10.1. The molecule has 1 heterocycles. The van der Waals surface area contributed by atoms with Crippen LogP contribution in [0.25, 0.3) is 0 Å². The molecule has 2 aromatic carbocycles. The molecule has 0 saturated heterocycles. The van der Waals surface area contributed by atoms with E-state index in [1.54, 1.807) is 0 Å². The highest BCUT2D eigenvalue weighted by Gasteiger charge is 2.31. The molecule has 3 aromatic rings. The number of rotatable bonds is 8. The Morgan fingerprint density at radius 2 is 1.94 bits per heavy atom. The monoisotopic (exact) mass is 495 g/mol. The van der Waals surface area contributed by atoms with Gasteiger partial charge in [0.15, 0.2) is 11.6 Å². The van der Waals surface area contributed by atoms with Gasteiger partial charge in [-0.15, -0.1) is 0 Å². The molecule has 1 aliphatic carbocycles. The smallest absolute Gasteiger partial charge is 0.266 e. The summed E-state index contributed by atoms with van der Waals surface area (Å²) in [4.78, 5) is 2.83. The molecule has 1 saturated carbocycles. The summed E-state index contributed by atoms with van der Waals surface area (Å²) in [5.74, 6) is -2.12. The minimum Gasteiger partial charge on any atom is -0.490 e. The summed E-state index contributed by atoms with van der Waals surface area (Å²) in [6.45, 7) is 0.103. The molecule has 4 rings (SSSR count). The maximum absolute atomic E-state index is 14.6. The van der Waals surface area contributed by atoms with E-state index in [0.29, 0.717) is 18.9 Å². The Morgan fingerprint density at radius 3 is 2.67 bits per heavy atom.